The largest absolute Gasteiger partial charge is 0.366 e. The first-order chi connectivity index (χ1) is 11.6. The van der Waals surface area contributed by atoms with Crippen LogP contribution in [0.5, 0.6) is 0 Å². The van der Waals surface area contributed by atoms with Gasteiger partial charge in [-0.1, -0.05) is 19.3 Å². The van der Waals surface area contributed by atoms with Gasteiger partial charge in [-0.15, -0.1) is 0 Å². The second kappa shape index (κ2) is 6.91. The summed E-state index contributed by atoms with van der Waals surface area (Å²) in [4.78, 5) is 23.7. The van der Waals surface area contributed by atoms with E-state index in [1.165, 1.54) is 6.42 Å². The van der Waals surface area contributed by atoms with Gasteiger partial charge in [-0.05, 0) is 49.2 Å². The summed E-state index contributed by atoms with van der Waals surface area (Å²) in [7, 11) is 0. The van der Waals surface area contributed by atoms with Gasteiger partial charge in [0, 0.05) is 23.6 Å². The number of amides is 2. The topological polar surface area (TPSA) is 77.1 Å². The second-order valence-electron chi connectivity index (χ2n) is 6.54. The van der Waals surface area contributed by atoms with Gasteiger partial charge in [-0.25, -0.2) is 0 Å². The minimum Gasteiger partial charge on any atom is -0.366 e. The smallest absolute Gasteiger partial charge is 0.248 e. The van der Waals surface area contributed by atoms with Gasteiger partial charge in [0.25, 0.3) is 0 Å². The number of benzene rings is 1. The molecule has 1 aromatic carbocycles. The number of hydrogen-bond acceptors (Lipinski definition) is 2. The Bertz CT molecular complexity index is 699. The van der Waals surface area contributed by atoms with Crippen LogP contribution in [0.4, 0.5) is 5.69 Å². The minimum absolute atomic E-state index is 0.00238. The van der Waals surface area contributed by atoms with Crippen LogP contribution < -0.4 is 11.1 Å². The van der Waals surface area contributed by atoms with E-state index in [-0.39, 0.29) is 11.4 Å². The van der Waals surface area contributed by atoms with Crippen molar-refractivity contribution in [2.24, 2.45) is 5.73 Å². The molecule has 2 amide bonds. The van der Waals surface area contributed by atoms with Gasteiger partial charge in [0.2, 0.25) is 11.8 Å². The first kappa shape index (κ1) is 16.3. The van der Waals surface area contributed by atoms with Crippen LogP contribution in [0, 0.1) is 0 Å². The third-order valence-electron chi connectivity index (χ3n) is 4.88. The maximum atomic E-state index is 12.6. The molecule has 24 heavy (non-hydrogen) atoms. The normalized spacial score (nSPS) is 16.5. The van der Waals surface area contributed by atoms with Gasteiger partial charge < -0.3 is 15.6 Å². The SMILES string of the molecule is NC(=O)c1ccc(NC(=O)CC2(n3cccc3)CCCCC2)cc1. The van der Waals surface area contributed by atoms with Crippen LogP contribution in [0.3, 0.4) is 0 Å². The molecule has 1 aliphatic rings. The summed E-state index contributed by atoms with van der Waals surface area (Å²) in [5.41, 5.74) is 6.22. The van der Waals surface area contributed by atoms with Crippen molar-refractivity contribution in [1.29, 1.82) is 0 Å². The van der Waals surface area contributed by atoms with Gasteiger partial charge in [-0.3, -0.25) is 9.59 Å². The van der Waals surface area contributed by atoms with E-state index in [4.69, 9.17) is 5.73 Å². The van der Waals surface area contributed by atoms with E-state index in [0.717, 1.165) is 25.7 Å². The summed E-state index contributed by atoms with van der Waals surface area (Å²) in [6.07, 6.45) is 10.2. The van der Waals surface area contributed by atoms with Crippen molar-refractivity contribution in [3.63, 3.8) is 0 Å². The molecule has 0 spiro atoms. The monoisotopic (exact) mass is 325 g/mol. The van der Waals surface area contributed by atoms with E-state index in [1.807, 2.05) is 12.1 Å². The lowest BCUT2D eigenvalue weighted by Gasteiger charge is -2.38. The zero-order valence-corrected chi connectivity index (χ0v) is 13.7. The third-order valence-corrected chi connectivity index (χ3v) is 4.88. The van der Waals surface area contributed by atoms with Crippen molar-refractivity contribution in [3.8, 4) is 0 Å². The molecule has 3 rings (SSSR count). The van der Waals surface area contributed by atoms with Crippen molar-refractivity contribution >= 4 is 17.5 Å². The van der Waals surface area contributed by atoms with Crippen LogP contribution >= 0.6 is 0 Å². The Morgan fingerprint density at radius 3 is 2.25 bits per heavy atom. The van der Waals surface area contributed by atoms with E-state index < -0.39 is 5.91 Å². The zero-order chi connectivity index (χ0) is 17.0. The molecule has 126 valence electrons. The fourth-order valence-electron chi connectivity index (χ4n) is 3.61. The third kappa shape index (κ3) is 3.50. The van der Waals surface area contributed by atoms with Crippen molar-refractivity contribution in [1.82, 2.24) is 4.57 Å². The fourth-order valence-corrected chi connectivity index (χ4v) is 3.61. The molecular weight excluding hydrogens is 302 g/mol. The molecule has 0 bridgehead atoms. The number of nitrogens with zero attached hydrogens (tertiary/aromatic N) is 1. The van der Waals surface area contributed by atoms with E-state index >= 15 is 0 Å². The molecule has 1 saturated carbocycles. The molecule has 1 heterocycles. The predicted molar refractivity (Wildman–Crippen MR) is 93.7 cm³/mol. The van der Waals surface area contributed by atoms with Crippen LogP contribution in [0.15, 0.2) is 48.8 Å². The number of nitrogens with one attached hydrogen (secondary N) is 1. The Morgan fingerprint density at radius 2 is 1.67 bits per heavy atom. The lowest BCUT2D eigenvalue weighted by molar-refractivity contribution is -0.118. The molecule has 0 aliphatic heterocycles. The highest BCUT2D eigenvalue weighted by atomic mass is 16.2. The van der Waals surface area contributed by atoms with Crippen LogP contribution in [0.25, 0.3) is 0 Å². The number of nitrogens with two attached hydrogens (primary N) is 1. The highest BCUT2D eigenvalue weighted by Gasteiger charge is 2.35. The number of hydrogen-bond donors (Lipinski definition) is 2. The number of rotatable bonds is 5. The Balaban J connectivity index is 1.71. The van der Waals surface area contributed by atoms with Crippen LogP contribution in [0.1, 0.15) is 48.9 Å². The summed E-state index contributed by atoms with van der Waals surface area (Å²) < 4.78 is 2.20. The molecule has 5 nitrogen and oxygen atoms in total. The Labute approximate surface area is 141 Å². The molecule has 0 unspecified atom stereocenters. The number of aromatic nitrogens is 1. The van der Waals surface area contributed by atoms with Crippen LogP contribution in [-0.4, -0.2) is 16.4 Å². The second-order valence-corrected chi connectivity index (χ2v) is 6.54. The van der Waals surface area contributed by atoms with E-state index in [2.05, 4.69) is 22.3 Å². The molecule has 3 N–H and O–H groups in total. The maximum absolute atomic E-state index is 12.6. The van der Waals surface area contributed by atoms with Gasteiger partial charge in [0.05, 0.1) is 12.0 Å². The van der Waals surface area contributed by atoms with Crippen molar-refractivity contribution in [2.45, 2.75) is 44.1 Å². The quantitative estimate of drug-likeness (QED) is 0.885. The molecule has 1 aliphatic carbocycles. The van der Waals surface area contributed by atoms with Gasteiger partial charge in [-0.2, -0.15) is 0 Å². The van der Waals surface area contributed by atoms with Crippen LogP contribution in [0.2, 0.25) is 0 Å². The van der Waals surface area contributed by atoms with Crippen molar-refractivity contribution in [3.05, 3.63) is 54.4 Å². The molecule has 0 atom stereocenters. The highest BCUT2D eigenvalue weighted by Crippen LogP contribution is 2.38. The Kier molecular flexibility index (Phi) is 4.69. The predicted octanol–water partition coefficient (Wildman–Crippen LogP) is 3.28. The number of primary amides is 1. The number of anilines is 1. The molecule has 5 heteroatoms. The van der Waals surface area contributed by atoms with Gasteiger partial charge >= 0.3 is 0 Å². The average Bonchev–Trinajstić information content (AvgIpc) is 3.11. The summed E-state index contributed by atoms with van der Waals surface area (Å²) in [5.74, 6) is -0.473. The number of carbonyl (C=O) groups is 2. The van der Waals surface area contributed by atoms with Gasteiger partial charge in [0.15, 0.2) is 0 Å². The van der Waals surface area contributed by atoms with E-state index in [1.54, 1.807) is 24.3 Å². The lowest BCUT2D eigenvalue weighted by Crippen LogP contribution is -2.38. The summed E-state index contributed by atoms with van der Waals surface area (Å²) in [6.45, 7) is 0. The highest BCUT2D eigenvalue weighted by molar-refractivity contribution is 5.95. The lowest BCUT2D eigenvalue weighted by atomic mass is 9.78. The first-order valence-electron chi connectivity index (χ1n) is 8.42. The Hall–Kier alpha value is -2.56. The molecule has 2 aromatic rings. The molecular formula is C19H23N3O2. The van der Waals surface area contributed by atoms with Crippen LogP contribution in [-0.2, 0) is 10.3 Å². The summed E-state index contributed by atoms with van der Waals surface area (Å²) in [6, 6.07) is 10.7. The summed E-state index contributed by atoms with van der Waals surface area (Å²) in [5, 5.41) is 2.94. The van der Waals surface area contributed by atoms with Gasteiger partial charge in [0.1, 0.15) is 0 Å². The summed E-state index contributed by atoms with van der Waals surface area (Å²) >= 11 is 0. The Morgan fingerprint density at radius 1 is 1.04 bits per heavy atom. The molecule has 1 aromatic heterocycles. The van der Waals surface area contributed by atoms with Crippen molar-refractivity contribution in [2.75, 3.05) is 5.32 Å². The van der Waals surface area contributed by atoms with E-state index in [9.17, 15) is 9.59 Å². The van der Waals surface area contributed by atoms with E-state index in [0.29, 0.717) is 17.7 Å². The molecule has 0 saturated heterocycles. The number of carbonyl (C=O) groups excluding carboxylic acids is 2. The molecule has 0 radical (unpaired) electrons. The molecule has 1 fully saturated rings. The average molecular weight is 325 g/mol. The minimum atomic E-state index is -0.471. The first-order valence-corrected chi connectivity index (χ1v) is 8.42. The fraction of sp³-hybridized carbons (Fsp3) is 0.368. The zero-order valence-electron chi connectivity index (χ0n) is 13.7. The standard InChI is InChI=1S/C19H23N3O2/c20-18(24)15-6-8-16(9-7-15)21-17(23)14-19(10-2-1-3-11-19)22-12-4-5-13-22/h4-9,12-13H,1-3,10-11,14H2,(H2,20,24)(H,21,23). The van der Waals surface area contributed by atoms with Crippen molar-refractivity contribution < 1.29 is 9.59 Å². The maximum Gasteiger partial charge on any atom is 0.248 e.